The van der Waals surface area contributed by atoms with Gasteiger partial charge in [0.2, 0.25) is 5.91 Å². The number of aliphatic hydroxyl groups is 1. The van der Waals surface area contributed by atoms with Crippen molar-refractivity contribution in [1.29, 1.82) is 0 Å². The number of rotatable bonds is 6. The molecule has 2 aromatic rings. The summed E-state index contributed by atoms with van der Waals surface area (Å²) in [5.74, 6) is 0.544. The molecule has 0 aliphatic heterocycles. The predicted octanol–water partition coefficient (Wildman–Crippen LogP) is 2.45. The first-order chi connectivity index (χ1) is 12.2. The number of hydrogen-bond donors (Lipinski definition) is 3. The molecule has 0 heterocycles. The van der Waals surface area contributed by atoms with E-state index in [-0.39, 0.29) is 19.1 Å². The number of hydrogen-bond acceptors (Lipinski definition) is 4. The molecule has 1 aliphatic carbocycles. The Labute approximate surface area is 148 Å². The lowest BCUT2D eigenvalue weighted by atomic mass is 9.77. The third-order valence-electron chi connectivity index (χ3n) is 4.79. The van der Waals surface area contributed by atoms with Gasteiger partial charge in [-0.05, 0) is 42.5 Å². The average Bonchev–Trinajstić information content (AvgIpc) is 2.66. The largest absolute Gasteiger partial charge is 0.497 e. The summed E-state index contributed by atoms with van der Waals surface area (Å²) in [7, 11) is 1.59. The van der Waals surface area contributed by atoms with E-state index in [2.05, 4.69) is 16.7 Å². The Hall–Kier alpha value is -2.37. The Balaban J connectivity index is 1.68. The van der Waals surface area contributed by atoms with Crippen molar-refractivity contribution in [2.24, 2.45) is 0 Å². The number of aliphatic hydroxyl groups excluding tert-OH is 1. The first-order valence-electron chi connectivity index (χ1n) is 8.55. The highest BCUT2D eigenvalue weighted by Gasteiger charge is 2.35. The molecule has 1 atom stereocenters. The topological polar surface area (TPSA) is 70.6 Å². The maximum absolute atomic E-state index is 12.3. The third kappa shape index (κ3) is 3.83. The number of ether oxygens (including phenoxy) is 1. The molecule has 0 fully saturated rings. The van der Waals surface area contributed by atoms with Crippen molar-refractivity contribution >= 4 is 11.6 Å². The summed E-state index contributed by atoms with van der Waals surface area (Å²) < 4.78 is 5.16. The van der Waals surface area contributed by atoms with E-state index in [9.17, 15) is 9.90 Å². The van der Waals surface area contributed by atoms with Gasteiger partial charge in [-0.15, -0.1) is 0 Å². The average molecular weight is 340 g/mol. The van der Waals surface area contributed by atoms with Gasteiger partial charge in [0.1, 0.15) is 5.75 Å². The molecule has 0 bridgehead atoms. The van der Waals surface area contributed by atoms with Gasteiger partial charge in [-0.2, -0.15) is 0 Å². The van der Waals surface area contributed by atoms with Crippen LogP contribution in [0.5, 0.6) is 5.75 Å². The van der Waals surface area contributed by atoms with Gasteiger partial charge in [0.15, 0.2) is 0 Å². The third-order valence-corrected chi connectivity index (χ3v) is 4.79. The number of amides is 1. The van der Waals surface area contributed by atoms with Crippen LogP contribution in [0.15, 0.2) is 48.5 Å². The zero-order valence-corrected chi connectivity index (χ0v) is 14.4. The van der Waals surface area contributed by atoms with E-state index in [4.69, 9.17) is 4.74 Å². The van der Waals surface area contributed by atoms with E-state index in [0.717, 1.165) is 24.8 Å². The van der Waals surface area contributed by atoms with Crippen LogP contribution in [0.1, 0.15) is 24.0 Å². The molecule has 0 spiro atoms. The summed E-state index contributed by atoms with van der Waals surface area (Å²) >= 11 is 0. The highest BCUT2D eigenvalue weighted by molar-refractivity contribution is 5.92. The van der Waals surface area contributed by atoms with Crippen LogP contribution in [0.2, 0.25) is 0 Å². The summed E-state index contributed by atoms with van der Waals surface area (Å²) in [5.41, 5.74) is 2.47. The SMILES string of the molecule is COc1cccc(NC(=O)CN[C@@]2(CO)CCCc3ccccc32)c1. The second-order valence-corrected chi connectivity index (χ2v) is 6.38. The second kappa shape index (κ2) is 7.68. The molecule has 0 radical (unpaired) electrons. The molecule has 3 N–H and O–H groups in total. The Morgan fingerprint density at radius 3 is 2.88 bits per heavy atom. The zero-order valence-electron chi connectivity index (χ0n) is 14.4. The quantitative estimate of drug-likeness (QED) is 0.755. The lowest BCUT2D eigenvalue weighted by Crippen LogP contribution is -2.50. The normalized spacial score (nSPS) is 19.1. The highest BCUT2D eigenvalue weighted by atomic mass is 16.5. The van der Waals surface area contributed by atoms with E-state index < -0.39 is 5.54 Å². The molecule has 5 heteroatoms. The number of methoxy groups -OCH3 is 1. The summed E-state index contributed by atoms with van der Waals surface area (Å²) in [6, 6.07) is 15.4. The minimum atomic E-state index is -0.555. The second-order valence-electron chi connectivity index (χ2n) is 6.38. The van der Waals surface area contributed by atoms with Gasteiger partial charge in [0.25, 0.3) is 0 Å². The monoisotopic (exact) mass is 340 g/mol. The fourth-order valence-corrected chi connectivity index (χ4v) is 3.48. The van der Waals surface area contributed by atoms with Gasteiger partial charge in [0, 0.05) is 11.8 Å². The van der Waals surface area contributed by atoms with Crippen LogP contribution < -0.4 is 15.4 Å². The van der Waals surface area contributed by atoms with E-state index in [1.165, 1.54) is 5.56 Å². The maximum Gasteiger partial charge on any atom is 0.238 e. The van der Waals surface area contributed by atoms with Crippen LogP contribution in [0.3, 0.4) is 0 Å². The molecule has 1 aliphatic rings. The van der Waals surface area contributed by atoms with Crippen molar-refractivity contribution in [3.8, 4) is 5.75 Å². The van der Waals surface area contributed by atoms with Gasteiger partial charge >= 0.3 is 0 Å². The zero-order chi connectivity index (χ0) is 17.7. The van der Waals surface area contributed by atoms with Gasteiger partial charge in [-0.1, -0.05) is 30.3 Å². The first-order valence-corrected chi connectivity index (χ1v) is 8.55. The molecule has 0 unspecified atom stereocenters. The Bertz CT molecular complexity index is 747. The van der Waals surface area contributed by atoms with Crippen LogP contribution in [0.4, 0.5) is 5.69 Å². The van der Waals surface area contributed by atoms with Gasteiger partial charge < -0.3 is 15.2 Å². The van der Waals surface area contributed by atoms with E-state index >= 15 is 0 Å². The molecule has 5 nitrogen and oxygen atoms in total. The molecular weight excluding hydrogens is 316 g/mol. The first kappa shape index (κ1) is 17.5. The summed E-state index contributed by atoms with van der Waals surface area (Å²) in [4.78, 5) is 12.3. The number of anilines is 1. The van der Waals surface area contributed by atoms with Crippen molar-refractivity contribution in [3.05, 3.63) is 59.7 Å². The molecule has 0 aromatic heterocycles. The minimum Gasteiger partial charge on any atom is -0.497 e. The van der Waals surface area contributed by atoms with E-state index in [0.29, 0.717) is 11.4 Å². The number of fused-ring (bicyclic) bond motifs is 1. The molecule has 0 saturated heterocycles. The van der Waals surface area contributed by atoms with E-state index in [1.807, 2.05) is 36.4 Å². The molecule has 132 valence electrons. The molecule has 2 aromatic carbocycles. The lowest BCUT2D eigenvalue weighted by Gasteiger charge is -2.38. The predicted molar refractivity (Wildman–Crippen MR) is 97.8 cm³/mol. The molecule has 3 rings (SSSR count). The van der Waals surface area contributed by atoms with Crippen LogP contribution in [0.25, 0.3) is 0 Å². The van der Waals surface area contributed by atoms with E-state index in [1.54, 1.807) is 13.2 Å². The number of carbonyl (C=O) groups is 1. The number of nitrogens with one attached hydrogen (secondary N) is 2. The van der Waals surface area contributed by atoms with Crippen LogP contribution in [0, 0.1) is 0 Å². The van der Waals surface area contributed by atoms with Gasteiger partial charge in [0.05, 0.1) is 25.8 Å². The van der Waals surface area contributed by atoms with Crippen molar-refractivity contribution < 1.29 is 14.6 Å². The Morgan fingerprint density at radius 2 is 2.08 bits per heavy atom. The maximum atomic E-state index is 12.3. The highest BCUT2D eigenvalue weighted by Crippen LogP contribution is 2.34. The summed E-state index contributed by atoms with van der Waals surface area (Å²) in [6.07, 6.45) is 2.81. The minimum absolute atomic E-state index is 0.0313. The van der Waals surface area contributed by atoms with Crippen molar-refractivity contribution in [1.82, 2.24) is 5.32 Å². The summed E-state index contributed by atoms with van der Waals surface area (Å²) in [5, 5.41) is 16.2. The fraction of sp³-hybridized carbons (Fsp3) is 0.350. The Kier molecular flexibility index (Phi) is 5.36. The molecular formula is C20H24N2O3. The van der Waals surface area contributed by atoms with Crippen LogP contribution in [-0.4, -0.2) is 31.3 Å². The Morgan fingerprint density at radius 1 is 1.24 bits per heavy atom. The van der Waals surface area contributed by atoms with Gasteiger partial charge in [-0.25, -0.2) is 0 Å². The fourth-order valence-electron chi connectivity index (χ4n) is 3.48. The van der Waals surface area contributed by atoms with Gasteiger partial charge in [-0.3, -0.25) is 10.1 Å². The van der Waals surface area contributed by atoms with Crippen molar-refractivity contribution in [2.45, 2.75) is 24.8 Å². The molecule has 1 amide bonds. The molecule has 25 heavy (non-hydrogen) atoms. The lowest BCUT2D eigenvalue weighted by molar-refractivity contribution is -0.115. The summed E-state index contributed by atoms with van der Waals surface area (Å²) in [6.45, 7) is 0.0998. The molecule has 0 saturated carbocycles. The standard InChI is InChI=1S/C20H24N2O3/c1-25-17-9-4-8-16(12-17)22-19(24)13-21-20(14-23)11-5-7-15-6-2-3-10-18(15)20/h2-4,6,8-10,12,21,23H,5,7,11,13-14H2,1H3,(H,22,24)/t20-/m1/s1. The van der Waals surface area contributed by atoms with Crippen LogP contribution in [-0.2, 0) is 16.8 Å². The number of carbonyl (C=O) groups excluding carboxylic acids is 1. The number of aryl methyl sites for hydroxylation is 1. The van der Waals surface area contributed by atoms with Crippen molar-refractivity contribution in [2.75, 3.05) is 25.6 Å². The van der Waals surface area contributed by atoms with Crippen molar-refractivity contribution in [3.63, 3.8) is 0 Å². The smallest absolute Gasteiger partial charge is 0.238 e. The number of benzene rings is 2. The van der Waals surface area contributed by atoms with Crippen LogP contribution >= 0.6 is 0 Å².